The molecule has 5 heteroatoms. The van der Waals surface area contributed by atoms with Crippen LogP contribution in [0.3, 0.4) is 0 Å². The van der Waals surface area contributed by atoms with Gasteiger partial charge >= 0.3 is 0 Å². The van der Waals surface area contributed by atoms with Gasteiger partial charge in [-0.1, -0.05) is 6.92 Å². The molecule has 112 valence electrons. The van der Waals surface area contributed by atoms with Crippen LogP contribution in [0.15, 0.2) is 18.5 Å². The molecule has 0 aromatic carbocycles. The van der Waals surface area contributed by atoms with Crippen molar-refractivity contribution in [3.05, 3.63) is 18.5 Å². The Morgan fingerprint density at radius 1 is 1.60 bits per heavy atom. The summed E-state index contributed by atoms with van der Waals surface area (Å²) in [7, 11) is 1.89. The minimum absolute atomic E-state index is 0.246. The van der Waals surface area contributed by atoms with Crippen LogP contribution in [-0.2, 0) is 11.3 Å². The van der Waals surface area contributed by atoms with E-state index < -0.39 is 0 Å². The fourth-order valence-corrected chi connectivity index (χ4v) is 2.77. The number of amides is 1. The van der Waals surface area contributed by atoms with E-state index in [-0.39, 0.29) is 5.91 Å². The molecule has 1 N–H and O–H groups in total. The van der Waals surface area contributed by atoms with E-state index in [1.54, 1.807) is 6.20 Å². The number of aromatic nitrogens is 2. The summed E-state index contributed by atoms with van der Waals surface area (Å²) < 4.78 is 1.86. The van der Waals surface area contributed by atoms with Crippen molar-refractivity contribution in [2.75, 3.05) is 26.7 Å². The number of carbonyl (C=O) groups excluding carboxylic acids is 1. The highest BCUT2D eigenvalue weighted by Gasteiger charge is 2.23. The molecule has 1 aromatic heterocycles. The molecule has 0 saturated carbocycles. The summed E-state index contributed by atoms with van der Waals surface area (Å²) in [5, 5.41) is 7.58. The van der Waals surface area contributed by atoms with Crippen molar-refractivity contribution < 1.29 is 4.79 Å². The number of carbonyl (C=O) groups is 1. The van der Waals surface area contributed by atoms with E-state index in [1.807, 2.05) is 28.9 Å². The molecule has 1 aromatic rings. The monoisotopic (exact) mass is 278 g/mol. The Labute approximate surface area is 121 Å². The molecule has 0 bridgehead atoms. The third-order valence-corrected chi connectivity index (χ3v) is 4.29. The minimum atomic E-state index is 0.246. The standard InChI is InChI=1S/C15H26N4O/c1-13(14-5-3-6-16-12-14)11-15(20)18(2)9-10-19-8-4-7-17-19/h4,7-8,13-14,16H,3,5-6,9-12H2,1-2H3. The molecule has 20 heavy (non-hydrogen) atoms. The van der Waals surface area contributed by atoms with Crippen LogP contribution in [0.5, 0.6) is 0 Å². The second-order valence-corrected chi connectivity index (χ2v) is 5.87. The van der Waals surface area contributed by atoms with Crippen LogP contribution in [0.25, 0.3) is 0 Å². The fourth-order valence-electron chi connectivity index (χ4n) is 2.77. The van der Waals surface area contributed by atoms with Crippen LogP contribution in [-0.4, -0.2) is 47.3 Å². The first kappa shape index (κ1) is 15.0. The number of likely N-dealkylation sites (N-methyl/N-ethyl adjacent to an activating group) is 1. The van der Waals surface area contributed by atoms with Gasteiger partial charge in [0.2, 0.25) is 5.91 Å². The number of hydrogen-bond acceptors (Lipinski definition) is 3. The van der Waals surface area contributed by atoms with Crippen molar-refractivity contribution in [2.45, 2.75) is 32.7 Å². The molecule has 2 atom stereocenters. The van der Waals surface area contributed by atoms with Crippen molar-refractivity contribution in [3.8, 4) is 0 Å². The van der Waals surface area contributed by atoms with Crippen LogP contribution in [0.2, 0.25) is 0 Å². The molecule has 2 rings (SSSR count). The Hall–Kier alpha value is -1.36. The summed E-state index contributed by atoms with van der Waals surface area (Å²) >= 11 is 0. The van der Waals surface area contributed by atoms with Gasteiger partial charge in [-0.25, -0.2) is 0 Å². The largest absolute Gasteiger partial charge is 0.344 e. The molecule has 2 heterocycles. The lowest BCUT2D eigenvalue weighted by atomic mass is 9.85. The Balaban J connectivity index is 1.72. The quantitative estimate of drug-likeness (QED) is 0.855. The third-order valence-electron chi connectivity index (χ3n) is 4.29. The SMILES string of the molecule is CC(CC(=O)N(C)CCn1cccn1)C1CCCNC1. The van der Waals surface area contributed by atoms with E-state index in [1.165, 1.54) is 12.8 Å². The minimum Gasteiger partial charge on any atom is -0.344 e. The molecular weight excluding hydrogens is 252 g/mol. The van der Waals surface area contributed by atoms with Gasteiger partial charge < -0.3 is 10.2 Å². The zero-order valence-electron chi connectivity index (χ0n) is 12.6. The van der Waals surface area contributed by atoms with Crippen molar-refractivity contribution in [2.24, 2.45) is 11.8 Å². The first-order valence-corrected chi connectivity index (χ1v) is 7.59. The topological polar surface area (TPSA) is 50.2 Å². The van der Waals surface area contributed by atoms with E-state index in [4.69, 9.17) is 0 Å². The van der Waals surface area contributed by atoms with Gasteiger partial charge in [-0.2, -0.15) is 5.10 Å². The molecule has 0 radical (unpaired) electrons. The normalized spacial score (nSPS) is 20.6. The van der Waals surface area contributed by atoms with Gasteiger partial charge in [0.05, 0.1) is 6.54 Å². The van der Waals surface area contributed by atoms with Gasteiger partial charge in [0.1, 0.15) is 0 Å². The second-order valence-electron chi connectivity index (χ2n) is 5.87. The molecule has 5 nitrogen and oxygen atoms in total. The van der Waals surface area contributed by atoms with Gasteiger partial charge in [-0.05, 0) is 43.8 Å². The average molecular weight is 278 g/mol. The number of hydrogen-bond donors (Lipinski definition) is 1. The summed E-state index contributed by atoms with van der Waals surface area (Å²) in [6, 6.07) is 1.90. The number of nitrogens with zero attached hydrogens (tertiary/aromatic N) is 3. The summed E-state index contributed by atoms with van der Waals surface area (Å²) in [6.45, 7) is 5.87. The molecule has 2 unspecified atom stereocenters. The molecular formula is C15H26N4O. The van der Waals surface area contributed by atoms with Crippen LogP contribution in [0, 0.1) is 11.8 Å². The van der Waals surface area contributed by atoms with Crippen molar-refractivity contribution in [1.29, 1.82) is 0 Å². The Morgan fingerprint density at radius 3 is 3.10 bits per heavy atom. The van der Waals surface area contributed by atoms with Crippen molar-refractivity contribution in [1.82, 2.24) is 20.0 Å². The highest BCUT2D eigenvalue weighted by Crippen LogP contribution is 2.22. The molecule has 1 fully saturated rings. The first-order chi connectivity index (χ1) is 9.66. The van der Waals surface area contributed by atoms with E-state index in [0.717, 1.165) is 26.2 Å². The maximum Gasteiger partial charge on any atom is 0.222 e. The van der Waals surface area contributed by atoms with E-state index in [9.17, 15) is 4.79 Å². The Morgan fingerprint density at radius 2 is 2.45 bits per heavy atom. The van der Waals surface area contributed by atoms with Gasteiger partial charge in [-0.3, -0.25) is 9.48 Å². The number of rotatable bonds is 6. The van der Waals surface area contributed by atoms with E-state index in [0.29, 0.717) is 18.3 Å². The maximum absolute atomic E-state index is 12.2. The molecule has 1 aliphatic rings. The molecule has 1 aliphatic heterocycles. The third kappa shape index (κ3) is 4.34. The van der Waals surface area contributed by atoms with Gasteiger partial charge in [0.15, 0.2) is 0 Å². The van der Waals surface area contributed by atoms with Crippen LogP contribution < -0.4 is 5.32 Å². The van der Waals surface area contributed by atoms with Gasteiger partial charge in [0, 0.05) is 32.4 Å². The number of nitrogens with one attached hydrogen (secondary N) is 1. The fraction of sp³-hybridized carbons (Fsp3) is 0.733. The summed E-state index contributed by atoms with van der Waals surface area (Å²) in [6.07, 6.45) is 6.83. The highest BCUT2D eigenvalue weighted by atomic mass is 16.2. The summed E-state index contributed by atoms with van der Waals surface area (Å²) in [4.78, 5) is 14.1. The van der Waals surface area contributed by atoms with Crippen LogP contribution in [0.1, 0.15) is 26.2 Å². The van der Waals surface area contributed by atoms with E-state index >= 15 is 0 Å². The van der Waals surface area contributed by atoms with Crippen LogP contribution in [0.4, 0.5) is 0 Å². The molecule has 1 saturated heterocycles. The lowest BCUT2D eigenvalue weighted by Crippen LogP contribution is -2.36. The highest BCUT2D eigenvalue weighted by molar-refractivity contribution is 5.76. The lowest BCUT2D eigenvalue weighted by molar-refractivity contribution is -0.131. The Bertz CT molecular complexity index is 398. The van der Waals surface area contributed by atoms with Crippen molar-refractivity contribution in [3.63, 3.8) is 0 Å². The van der Waals surface area contributed by atoms with Crippen LogP contribution >= 0.6 is 0 Å². The predicted molar refractivity (Wildman–Crippen MR) is 79.2 cm³/mol. The summed E-state index contributed by atoms with van der Waals surface area (Å²) in [5.41, 5.74) is 0. The Kier molecular flexibility index (Phi) is 5.59. The van der Waals surface area contributed by atoms with Gasteiger partial charge in [0.25, 0.3) is 0 Å². The van der Waals surface area contributed by atoms with Crippen molar-refractivity contribution >= 4 is 5.91 Å². The van der Waals surface area contributed by atoms with E-state index in [2.05, 4.69) is 17.3 Å². The molecule has 1 amide bonds. The van der Waals surface area contributed by atoms with Gasteiger partial charge in [-0.15, -0.1) is 0 Å². The maximum atomic E-state index is 12.2. The lowest BCUT2D eigenvalue weighted by Gasteiger charge is -2.29. The first-order valence-electron chi connectivity index (χ1n) is 7.59. The molecule has 0 aliphatic carbocycles. The number of piperidine rings is 1. The smallest absolute Gasteiger partial charge is 0.222 e. The molecule has 0 spiro atoms. The zero-order chi connectivity index (χ0) is 14.4. The summed E-state index contributed by atoms with van der Waals surface area (Å²) in [5.74, 6) is 1.35. The second kappa shape index (κ2) is 7.43. The zero-order valence-corrected chi connectivity index (χ0v) is 12.6. The predicted octanol–water partition coefficient (Wildman–Crippen LogP) is 1.37. The average Bonchev–Trinajstić information content (AvgIpc) is 2.98.